The molecule has 0 saturated carbocycles. The second kappa shape index (κ2) is 40.8. The van der Waals surface area contributed by atoms with E-state index in [2.05, 4.69) is 0 Å². The van der Waals surface area contributed by atoms with Crippen molar-refractivity contribution in [3.63, 3.8) is 0 Å². The molecule has 0 saturated heterocycles. The summed E-state index contributed by atoms with van der Waals surface area (Å²) in [6.45, 7) is 16.0. The van der Waals surface area contributed by atoms with Gasteiger partial charge in [0.1, 0.15) is 19.0 Å². The fraction of sp³-hybridized carbons (Fsp3) is 0.704. The Morgan fingerprint density at radius 2 is 0.924 bits per heavy atom. The van der Waals surface area contributed by atoms with Crippen LogP contribution >= 0.6 is 0 Å². The summed E-state index contributed by atoms with van der Waals surface area (Å²) in [5, 5.41) is 11.8. The van der Waals surface area contributed by atoms with Crippen LogP contribution in [0, 0.1) is 0 Å². The molecule has 2 aliphatic heterocycles. The minimum absolute atomic E-state index is 0.0167. The average molecular weight is 1130 g/mol. The predicted octanol–water partition coefficient (Wildman–Crippen LogP) is 2.49. The lowest BCUT2D eigenvalue weighted by atomic mass is 9.86. The molecule has 25 heteroatoms. The van der Waals surface area contributed by atoms with Gasteiger partial charge >= 0.3 is 12.1 Å². The highest BCUT2D eigenvalue weighted by atomic mass is 16.7. The first-order valence-electron chi connectivity index (χ1n) is 27.0. The van der Waals surface area contributed by atoms with Crippen molar-refractivity contribution < 1.29 is 105 Å². The number of methoxy groups -OCH3 is 1. The first-order valence-corrected chi connectivity index (χ1v) is 27.0. The molecule has 0 bridgehead atoms. The normalized spacial score (nSPS) is 14.6. The monoisotopic (exact) mass is 1130 g/mol. The second-order valence-corrected chi connectivity index (χ2v) is 17.3. The predicted molar refractivity (Wildman–Crippen MR) is 281 cm³/mol. The Balaban J connectivity index is 0.697. The van der Waals surface area contributed by atoms with Gasteiger partial charge < -0.3 is 99.7 Å². The number of fused-ring (bicyclic) bond motifs is 5. The fourth-order valence-electron chi connectivity index (χ4n) is 7.66. The number of ether oxygens (including phenoxy) is 19. The van der Waals surface area contributed by atoms with E-state index >= 15 is 0 Å². The maximum absolute atomic E-state index is 13.4. The zero-order valence-corrected chi connectivity index (χ0v) is 46.0. The van der Waals surface area contributed by atoms with Crippen molar-refractivity contribution in [2.75, 3.05) is 219 Å². The van der Waals surface area contributed by atoms with Gasteiger partial charge in [0.15, 0.2) is 5.60 Å². The summed E-state index contributed by atoms with van der Waals surface area (Å²) >= 11 is 0. The number of nitrogens with zero attached hydrogens (tertiary/aromatic N) is 2. The number of esters is 1. The van der Waals surface area contributed by atoms with Gasteiger partial charge in [0, 0.05) is 23.6 Å². The van der Waals surface area contributed by atoms with Crippen LogP contribution in [0.1, 0.15) is 30.0 Å². The van der Waals surface area contributed by atoms with Crippen molar-refractivity contribution >= 4 is 23.0 Å². The molecule has 0 aliphatic carbocycles. The number of benzene rings is 1. The SMILES string of the molecule is CC[C@@]1(O)C(=O)OCc2c1cc1n(c2=O)Cc2cc3cc(OC(=O)OCCOCCOCCOCCOCCOCCOCCOCCOCCOCCOCCOCCOCCOCCOCCOCCOC)ccc3nc2-1. The van der Waals surface area contributed by atoms with Gasteiger partial charge in [0.25, 0.3) is 5.56 Å². The first-order chi connectivity index (χ1) is 38.9. The van der Waals surface area contributed by atoms with Crippen LogP contribution in [0.4, 0.5) is 4.79 Å². The van der Waals surface area contributed by atoms with E-state index in [-0.39, 0.29) is 55.2 Å². The molecule has 2 aromatic heterocycles. The summed E-state index contributed by atoms with van der Waals surface area (Å²) in [5.41, 5.74) is 0.690. The van der Waals surface area contributed by atoms with Gasteiger partial charge in [-0.2, -0.15) is 0 Å². The highest BCUT2D eigenvalue weighted by Crippen LogP contribution is 2.39. The third-order valence-corrected chi connectivity index (χ3v) is 11.8. The Kier molecular flexibility index (Phi) is 33.8. The van der Waals surface area contributed by atoms with Gasteiger partial charge in [-0.3, -0.25) is 4.79 Å². The lowest BCUT2D eigenvalue weighted by Crippen LogP contribution is -2.44. The Hall–Kier alpha value is -4.36. The quantitative estimate of drug-likeness (QED) is 0.0378. The number of cyclic esters (lactones) is 1. The molecule has 79 heavy (non-hydrogen) atoms. The van der Waals surface area contributed by atoms with Crippen LogP contribution in [0.2, 0.25) is 0 Å². The third-order valence-electron chi connectivity index (χ3n) is 11.8. The third kappa shape index (κ3) is 25.1. The molecule has 1 aromatic carbocycles. The van der Waals surface area contributed by atoms with Gasteiger partial charge in [-0.25, -0.2) is 14.6 Å². The van der Waals surface area contributed by atoms with Crippen LogP contribution in [0.3, 0.4) is 0 Å². The largest absolute Gasteiger partial charge is 0.513 e. The molecule has 0 fully saturated rings. The first kappa shape index (κ1) is 65.5. The molecule has 25 nitrogen and oxygen atoms in total. The molecule has 0 unspecified atom stereocenters. The Bertz CT molecular complexity index is 2200. The van der Waals surface area contributed by atoms with Gasteiger partial charge in [-0.1, -0.05) is 6.92 Å². The maximum atomic E-state index is 13.4. The van der Waals surface area contributed by atoms with E-state index in [4.69, 9.17) is 95.0 Å². The van der Waals surface area contributed by atoms with E-state index in [0.717, 1.165) is 5.56 Å². The van der Waals surface area contributed by atoms with Crippen molar-refractivity contribution in [2.24, 2.45) is 0 Å². The zero-order chi connectivity index (χ0) is 55.9. The van der Waals surface area contributed by atoms with Gasteiger partial charge in [0.2, 0.25) is 0 Å². The number of rotatable bonds is 50. The van der Waals surface area contributed by atoms with Gasteiger partial charge in [-0.15, -0.1) is 0 Å². The number of hydrogen-bond donors (Lipinski definition) is 1. The molecule has 0 radical (unpaired) electrons. The Labute approximate surface area is 461 Å². The summed E-state index contributed by atoms with van der Waals surface area (Å²) in [5.74, 6) is -0.523. The molecule has 0 spiro atoms. The Morgan fingerprint density at radius 3 is 1.30 bits per heavy atom. The topological polar surface area (TPSA) is 265 Å². The molecular weight excluding hydrogens is 1040 g/mol. The fourth-order valence-corrected chi connectivity index (χ4v) is 7.66. The molecule has 446 valence electrons. The summed E-state index contributed by atoms with van der Waals surface area (Å²) in [6.07, 6.45) is -0.834. The Morgan fingerprint density at radius 1 is 0.544 bits per heavy atom. The zero-order valence-electron chi connectivity index (χ0n) is 46.0. The summed E-state index contributed by atoms with van der Waals surface area (Å²) in [6, 6.07) is 8.47. The average Bonchev–Trinajstić information content (AvgIpc) is 4.11. The number of aromatic nitrogens is 2. The summed E-state index contributed by atoms with van der Waals surface area (Å²) in [4.78, 5) is 43.0. The van der Waals surface area contributed by atoms with Crippen molar-refractivity contribution in [2.45, 2.75) is 32.1 Å². The van der Waals surface area contributed by atoms with E-state index in [1.165, 1.54) is 0 Å². The standard InChI is InChI=1S/C54H82N2O23/c1-3-54(60)47-40-49-50-44(41-56(49)51(57)46(47)42-78-52(54)58)38-43-39-45(4-5-48(43)55-50)79-53(59)77-37-36-76-35-34-75-33-32-74-31-30-73-29-28-72-27-26-71-25-24-70-23-22-69-21-20-68-19-18-67-17-16-66-15-14-65-13-12-64-11-10-63-9-8-62-7-6-61-2/h4-5,38-40,60H,3,6-37,41-42H2,1-2H3/t54-/m0/s1. The summed E-state index contributed by atoms with van der Waals surface area (Å²) in [7, 11) is 1.64. The van der Waals surface area contributed by atoms with Crippen molar-refractivity contribution in [3.05, 3.63) is 57.4 Å². The summed E-state index contributed by atoms with van der Waals surface area (Å²) < 4.78 is 104. The number of pyridine rings is 2. The lowest BCUT2D eigenvalue weighted by Gasteiger charge is -2.31. The van der Waals surface area contributed by atoms with Gasteiger partial charge in [0.05, 0.1) is 234 Å². The molecule has 5 rings (SSSR count). The molecule has 1 N–H and O–H groups in total. The van der Waals surface area contributed by atoms with E-state index in [1.807, 2.05) is 6.07 Å². The maximum Gasteiger partial charge on any atom is 0.513 e. The van der Waals surface area contributed by atoms with Crippen LogP contribution in [-0.2, 0) is 109 Å². The lowest BCUT2D eigenvalue weighted by molar-refractivity contribution is -0.172. The smallest absolute Gasteiger partial charge is 0.458 e. The highest BCUT2D eigenvalue weighted by molar-refractivity contribution is 5.87. The van der Waals surface area contributed by atoms with Crippen molar-refractivity contribution in [1.29, 1.82) is 0 Å². The van der Waals surface area contributed by atoms with Crippen molar-refractivity contribution in [1.82, 2.24) is 9.55 Å². The molecule has 3 aromatic rings. The number of hydrogen-bond acceptors (Lipinski definition) is 24. The molecule has 4 heterocycles. The van der Waals surface area contributed by atoms with E-state index in [1.54, 1.807) is 42.9 Å². The van der Waals surface area contributed by atoms with Gasteiger partial charge in [-0.05, 0) is 36.8 Å². The van der Waals surface area contributed by atoms with Crippen LogP contribution in [-0.4, -0.2) is 245 Å². The second-order valence-electron chi connectivity index (χ2n) is 17.3. The number of aliphatic hydroxyl groups is 1. The molecule has 2 aliphatic rings. The molecule has 0 amide bonds. The minimum Gasteiger partial charge on any atom is -0.458 e. The van der Waals surface area contributed by atoms with E-state index in [0.29, 0.717) is 220 Å². The van der Waals surface area contributed by atoms with Crippen LogP contribution < -0.4 is 10.3 Å². The number of carbonyl (C=O) groups is 2. The van der Waals surface area contributed by atoms with Crippen molar-refractivity contribution in [3.8, 4) is 17.1 Å². The van der Waals surface area contributed by atoms with E-state index < -0.39 is 17.7 Å². The molecular formula is C54H82N2O23. The van der Waals surface area contributed by atoms with Crippen LogP contribution in [0.15, 0.2) is 35.1 Å². The molecule has 1 atom stereocenters. The van der Waals surface area contributed by atoms with Crippen LogP contribution in [0.5, 0.6) is 5.75 Å². The minimum atomic E-state index is -1.91. The highest BCUT2D eigenvalue weighted by Gasteiger charge is 2.45. The van der Waals surface area contributed by atoms with E-state index in [9.17, 15) is 19.5 Å². The van der Waals surface area contributed by atoms with Crippen LogP contribution in [0.25, 0.3) is 22.3 Å². The number of carbonyl (C=O) groups excluding carboxylic acids is 2.